The normalized spacial score (nSPS) is 18.0. The van der Waals surface area contributed by atoms with E-state index in [9.17, 15) is 4.79 Å². The van der Waals surface area contributed by atoms with Gasteiger partial charge in [-0.1, -0.05) is 53.6 Å². The van der Waals surface area contributed by atoms with E-state index < -0.39 is 0 Å². The van der Waals surface area contributed by atoms with Gasteiger partial charge in [0, 0.05) is 16.6 Å². The average Bonchev–Trinajstić information content (AvgIpc) is 2.73. The molecule has 0 saturated heterocycles. The van der Waals surface area contributed by atoms with Crippen molar-refractivity contribution >= 4 is 39.3 Å². The number of hydrogen-bond donors (Lipinski definition) is 0. The van der Waals surface area contributed by atoms with Crippen molar-refractivity contribution < 1.29 is 9.53 Å². The highest BCUT2D eigenvalue weighted by Gasteiger charge is 2.33. The third kappa shape index (κ3) is 4.73. The lowest BCUT2D eigenvalue weighted by molar-refractivity contribution is 0.0755. The van der Waals surface area contributed by atoms with Gasteiger partial charge in [-0.25, -0.2) is 4.99 Å². The maximum atomic E-state index is 13.3. The molecule has 0 fully saturated rings. The molecule has 1 amide bonds. The fraction of sp³-hybridized carbons (Fsp3) is 0.360. The lowest BCUT2D eigenvalue weighted by Crippen LogP contribution is -2.41. The van der Waals surface area contributed by atoms with Crippen LogP contribution in [0.1, 0.15) is 48.7 Å². The van der Waals surface area contributed by atoms with Gasteiger partial charge in [0.2, 0.25) is 5.90 Å². The SMILES string of the molecule is CC1=C(CN2CCc3ccc(Br)c(Cl)c3C2=O)C(OCc2ccccc2)=NC(C)(C)C1. The third-order valence-corrected chi connectivity index (χ3v) is 7.06. The molecule has 2 heterocycles. The van der Waals surface area contributed by atoms with Crippen molar-refractivity contribution in [3.63, 3.8) is 0 Å². The van der Waals surface area contributed by atoms with Crippen molar-refractivity contribution in [2.45, 2.75) is 45.8 Å². The molecule has 0 unspecified atom stereocenters. The molecule has 0 saturated carbocycles. The Morgan fingerprint density at radius 1 is 1.19 bits per heavy atom. The summed E-state index contributed by atoms with van der Waals surface area (Å²) in [7, 11) is 0. The van der Waals surface area contributed by atoms with E-state index in [-0.39, 0.29) is 11.4 Å². The molecule has 0 bridgehead atoms. The van der Waals surface area contributed by atoms with E-state index in [1.54, 1.807) is 0 Å². The maximum absolute atomic E-state index is 13.3. The molecule has 0 atom stereocenters. The minimum atomic E-state index is -0.230. The Balaban J connectivity index is 1.59. The van der Waals surface area contributed by atoms with Gasteiger partial charge in [0.25, 0.3) is 5.91 Å². The number of carbonyl (C=O) groups is 1. The molecule has 31 heavy (non-hydrogen) atoms. The number of aliphatic imine (C=N–C) groups is 1. The van der Waals surface area contributed by atoms with E-state index in [4.69, 9.17) is 21.3 Å². The minimum Gasteiger partial charge on any atom is -0.473 e. The van der Waals surface area contributed by atoms with Crippen LogP contribution < -0.4 is 0 Å². The number of rotatable bonds is 4. The molecular formula is C25H26BrClN2O2. The second-order valence-corrected chi connectivity index (χ2v) is 10.0. The number of amides is 1. The second kappa shape index (κ2) is 8.79. The number of nitrogens with zero attached hydrogens (tertiary/aromatic N) is 2. The Kier molecular flexibility index (Phi) is 6.27. The molecule has 4 rings (SSSR count). The van der Waals surface area contributed by atoms with E-state index >= 15 is 0 Å². The van der Waals surface area contributed by atoms with Crippen molar-refractivity contribution in [2.24, 2.45) is 4.99 Å². The van der Waals surface area contributed by atoms with Crippen LogP contribution in [0.4, 0.5) is 0 Å². The molecule has 2 aliphatic heterocycles. The van der Waals surface area contributed by atoms with E-state index in [0.29, 0.717) is 36.2 Å². The van der Waals surface area contributed by atoms with E-state index in [1.165, 1.54) is 5.57 Å². The highest BCUT2D eigenvalue weighted by atomic mass is 79.9. The monoisotopic (exact) mass is 500 g/mol. The van der Waals surface area contributed by atoms with Crippen molar-refractivity contribution in [2.75, 3.05) is 13.1 Å². The zero-order chi connectivity index (χ0) is 22.2. The molecule has 4 nitrogen and oxygen atoms in total. The number of fused-ring (bicyclic) bond motifs is 1. The summed E-state index contributed by atoms with van der Waals surface area (Å²) in [6.07, 6.45) is 1.62. The largest absolute Gasteiger partial charge is 0.473 e. The Bertz CT molecular complexity index is 1080. The highest BCUT2D eigenvalue weighted by molar-refractivity contribution is 9.10. The highest BCUT2D eigenvalue weighted by Crippen LogP contribution is 2.34. The molecule has 162 valence electrons. The summed E-state index contributed by atoms with van der Waals surface area (Å²) < 4.78 is 6.94. The van der Waals surface area contributed by atoms with Crippen LogP contribution in [0.2, 0.25) is 5.02 Å². The molecule has 0 aromatic heterocycles. The van der Waals surface area contributed by atoms with E-state index in [0.717, 1.165) is 34.0 Å². The number of dihydropyridines is 1. The first-order chi connectivity index (χ1) is 14.7. The van der Waals surface area contributed by atoms with Gasteiger partial charge in [-0.2, -0.15) is 0 Å². The molecule has 2 aromatic carbocycles. The number of benzene rings is 2. The van der Waals surface area contributed by atoms with Crippen LogP contribution in [0.5, 0.6) is 0 Å². The van der Waals surface area contributed by atoms with Crippen LogP contribution in [0.25, 0.3) is 0 Å². The van der Waals surface area contributed by atoms with Gasteiger partial charge < -0.3 is 9.64 Å². The first kappa shape index (κ1) is 22.1. The van der Waals surface area contributed by atoms with Gasteiger partial charge in [-0.05, 0) is 66.7 Å². The number of carbonyl (C=O) groups excluding carboxylic acids is 1. The van der Waals surface area contributed by atoms with Crippen LogP contribution >= 0.6 is 27.5 Å². The maximum Gasteiger partial charge on any atom is 0.256 e. The Morgan fingerprint density at radius 2 is 1.94 bits per heavy atom. The quantitative estimate of drug-likeness (QED) is 0.499. The first-order valence-electron chi connectivity index (χ1n) is 10.5. The summed E-state index contributed by atoms with van der Waals surface area (Å²) in [5, 5.41) is 0.483. The fourth-order valence-corrected chi connectivity index (χ4v) is 4.85. The smallest absolute Gasteiger partial charge is 0.256 e. The Hall–Kier alpha value is -2.11. The lowest BCUT2D eigenvalue weighted by Gasteiger charge is -2.34. The fourth-order valence-electron chi connectivity index (χ4n) is 4.25. The summed E-state index contributed by atoms with van der Waals surface area (Å²) in [4.78, 5) is 20.1. The summed E-state index contributed by atoms with van der Waals surface area (Å²) in [6.45, 7) is 7.90. The van der Waals surface area contributed by atoms with E-state index in [1.807, 2.05) is 47.4 Å². The molecule has 0 radical (unpaired) electrons. The third-order valence-electron chi connectivity index (χ3n) is 5.78. The van der Waals surface area contributed by atoms with Gasteiger partial charge in [0.15, 0.2) is 0 Å². The van der Waals surface area contributed by atoms with Gasteiger partial charge in [0.05, 0.1) is 22.7 Å². The predicted molar refractivity (Wildman–Crippen MR) is 129 cm³/mol. The van der Waals surface area contributed by atoms with Crippen molar-refractivity contribution in [3.8, 4) is 0 Å². The Morgan fingerprint density at radius 3 is 2.68 bits per heavy atom. The minimum absolute atomic E-state index is 0.0416. The molecule has 2 aliphatic rings. The zero-order valence-corrected chi connectivity index (χ0v) is 20.4. The van der Waals surface area contributed by atoms with Gasteiger partial charge >= 0.3 is 0 Å². The van der Waals surface area contributed by atoms with Crippen LogP contribution in [0, 0.1) is 0 Å². The van der Waals surface area contributed by atoms with Gasteiger partial charge in [0.1, 0.15) is 6.61 Å². The zero-order valence-electron chi connectivity index (χ0n) is 18.0. The molecule has 0 aliphatic carbocycles. The molecular weight excluding hydrogens is 476 g/mol. The predicted octanol–water partition coefficient (Wildman–Crippen LogP) is 6.21. The van der Waals surface area contributed by atoms with Crippen LogP contribution in [0.15, 0.2) is 63.1 Å². The van der Waals surface area contributed by atoms with Crippen LogP contribution in [-0.4, -0.2) is 35.3 Å². The van der Waals surface area contributed by atoms with Gasteiger partial charge in [-0.3, -0.25) is 4.79 Å². The van der Waals surface area contributed by atoms with Crippen molar-refractivity contribution in [3.05, 3.63) is 79.8 Å². The summed E-state index contributed by atoms with van der Waals surface area (Å²) >= 11 is 9.92. The molecule has 6 heteroatoms. The molecule has 0 N–H and O–H groups in total. The Labute approximate surface area is 197 Å². The summed E-state index contributed by atoms with van der Waals surface area (Å²) in [5.74, 6) is 0.594. The van der Waals surface area contributed by atoms with E-state index in [2.05, 4.69) is 36.7 Å². The topological polar surface area (TPSA) is 41.9 Å². The summed E-state index contributed by atoms with van der Waals surface area (Å²) in [6, 6.07) is 13.9. The summed E-state index contributed by atoms with van der Waals surface area (Å²) in [5.41, 5.74) is 4.66. The number of halogens is 2. The second-order valence-electron chi connectivity index (χ2n) is 8.81. The lowest BCUT2D eigenvalue weighted by atomic mass is 9.89. The van der Waals surface area contributed by atoms with Crippen molar-refractivity contribution in [1.82, 2.24) is 4.90 Å². The van der Waals surface area contributed by atoms with Crippen LogP contribution in [-0.2, 0) is 17.8 Å². The molecule has 2 aromatic rings. The van der Waals surface area contributed by atoms with Crippen LogP contribution in [0.3, 0.4) is 0 Å². The van der Waals surface area contributed by atoms with Gasteiger partial charge in [-0.15, -0.1) is 0 Å². The molecule has 0 spiro atoms. The number of hydrogen-bond acceptors (Lipinski definition) is 3. The average molecular weight is 502 g/mol. The standard InChI is InChI=1S/C25H26BrClN2O2/c1-16-13-25(2,3)28-23(31-15-17-7-5-4-6-8-17)19(16)14-29-12-11-18-9-10-20(26)22(27)21(18)24(29)30/h4-10H,11-15H2,1-3H3. The first-order valence-corrected chi connectivity index (χ1v) is 11.6. The number of ether oxygens (including phenoxy) is 1. The van der Waals surface area contributed by atoms with Crippen molar-refractivity contribution in [1.29, 1.82) is 0 Å².